The van der Waals surface area contributed by atoms with E-state index in [0.29, 0.717) is 33.9 Å². The first-order valence-electron chi connectivity index (χ1n) is 13.2. The molecule has 0 radical (unpaired) electrons. The molecule has 0 aliphatic heterocycles. The third-order valence-corrected chi connectivity index (χ3v) is 9.31. The van der Waals surface area contributed by atoms with Crippen molar-refractivity contribution in [3.8, 4) is 11.4 Å². The van der Waals surface area contributed by atoms with E-state index in [2.05, 4.69) is 22.1 Å². The molecule has 0 unspecified atom stereocenters. The molecule has 10 heteroatoms. The van der Waals surface area contributed by atoms with Crippen molar-refractivity contribution < 1.29 is 24.3 Å². The zero-order chi connectivity index (χ0) is 27.2. The highest BCUT2D eigenvalue weighted by molar-refractivity contribution is 7.12. The largest absolute Gasteiger partial charge is 0.460 e. The van der Waals surface area contributed by atoms with Gasteiger partial charge < -0.3 is 24.4 Å². The Morgan fingerprint density at radius 1 is 1.08 bits per heavy atom. The van der Waals surface area contributed by atoms with Gasteiger partial charge >= 0.3 is 5.97 Å². The molecule has 4 aromatic rings. The van der Waals surface area contributed by atoms with Crippen LogP contribution in [0.5, 0.6) is 0 Å². The normalized spacial score (nSPS) is 17.9. The monoisotopic (exact) mass is 567 g/mol. The highest BCUT2D eigenvalue weighted by atomic mass is 32.1. The van der Waals surface area contributed by atoms with Gasteiger partial charge in [0.05, 0.1) is 16.4 Å². The SMILES string of the molecule is CN(CCCc1nc(-c2ccc(CO)cc2)no1)C1CCC(OC(=O)C(O)(c2cccs2)c2cccs2)CC1. The molecule has 1 aliphatic carbocycles. The van der Waals surface area contributed by atoms with Crippen LogP contribution in [-0.4, -0.2) is 57.0 Å². The number of benzene rings is 1. The summed E-state index contributed by atoms with van der Waals surface area (Å²) in [5, 5.41) is 28.5. The van der Waals surface area contributed by atoms with Gasteiger partial charge in [0.2, 0.25) is 17.3 Å². The van der Waals surface area contributed by atoms with Crippen molar-refractivity contribution in [1.29, 1.82) is 0 Å². The van der Waals surface area contributed by atoms with Crippen molar-refractivity contribution in [2.45, 2.75) is 62.9 Å². The predicted molar refractivity (Wildman–Crippen MR) is 150 cm³/mol. The molecular formula is C29H33N3O5S2. The Labute approximate surface area is 235 Å². The summed E-state index contributed by atoms with van der Waals surface area (Å²) in [4.78, 5) is 21.3. The number of aliphatic hydroxyl groups excluding tert-OH is 1. The maximum Gasteiger partial charge on any atom is 0.349 e. The van der Waals surface area contributed by atoms with Gasteiger partial charge in [-0.2, -0.15) is 4.98 Å². The Bertz CT molecular complexity index is 1280. The molecule has 1 fully saturated rings. The first kappa shape index (κ1) is 27.7. The molecule has 5 rings (SSSR count). The molecule has 0 amide bonds. The lowest BCUT2D eigenvalue weighted by molar-refractivity contribution is -0.169. The van der Waals surface area contributed by atoms with Gasteiger partial charge in [0.25, 0.3) is 0 Å². The Balaban J connectivity index is 1.08. The molecule has 0 bridgehead atoms. The second-order valence-electron chi connectivity index (χ2n) is 9.95. The summed E-state index contributed by atoms with van der Waals surface area (Å²) in [6.07, 6.45) is 4.80. The number of esters is 1. The van der Waals surface area contributed by atoms with Gasteiger partial charge in [0, 0.05) is 18.0 Å². The number of aryl methyl sites for hydroxylation is 1. The molecule has 39 heavy (non-hydrogen) atoms. The van der Waals surface area contributed by atoms with E-state index in [0.717, 1.165) is 49.8 Å². The van der Waals surface area contributed by atoms with E-state index in [1.165, 1.54) is 22.7 Å². The first-order valence-corrected chi connectivity index (χ1v) is 15.0. The number of nitrogens with zero attached hydrogens (tertiary/aromatic N) is 3. The van der Waals surface area contributed by atoms with Crippen LogP contribution in [-0.2, 0) is 28.2 Å². The molecule has 206 valence electrons. The molecule has 0 atom stereocenters. The fraction of sp³-hybridized carbons (Fsp3) is 0.414. The van der Waals surface area contributed by atoms with Crippen LogP contribution < -0.4 is 0 Å². The van der Waals surface area contributed by atoms with E-state index < -0.39 is 11.6 Å². The van der Waals surface area contributed by atoms with Gasteiger partial charge in [-0.25, -0.2) is 4.79 Å². The predicted octanol–water partition coefficient (Wildman–Crippen LogP) is 5.01. The van der Waals surface area contributed by atoms with Crippen LogP contribution in [0.25, 0.3) is 11.4 Å². The fourth-order valence-electron chi connectivity index (χ4n) is 5.03. The number of aromatic nitrogens is 2. The third-order valence-electron chi connectivity index (χ3n) is 7.36. The quantitative estimate of drug-likeness (QED) is 0.244. The Morgan fingerprint density at radius 2 is 1.74 bits per heavy atom. The van der Waals surface area contributed by atoms with Crippen molar-refractivity contribution in [2.24, 2.45) is 0 Å². The average Bonchev–Trinajstić information content (AvgIpc) is 3.76. The summed E-state index contributed by atoms with van der Waals surface area (Å²) < 4.78 is 11.3. The minimum Gasteiger partial charge on any atom is -0.460 e. The van der Waals surface area contributed by atoms with Crippen molar-refractivity contribution >= 4 is 28.6 Å². The lowest BCUT2D eigenvalue weighted by Gasteiger charge is -2.35. The number of hydrogen-bond donors (Lipinski definition) is 2. The van der Waals surface area contributed by atoms with Gasteiger partial charge in [-0.1, -0.05) is 41.6 Å². The number of thiophene rings is 2. The van der Waals surface area contributed by atoms with E-state index in [1.54, 1.807) is 12.1 Å². The summed E-state index contributed by atoms with van der Waals surface area (Å²) >= 11 is 2.71. The lowest BCUT2D eigenvalue weighted by Crippen LogP contribution is -2.42. The van der Waals surface area contributed by atoms with Crippen LogP contribution in [0, 0.1) is 0 Å². The Kier molecular flexibility index (Phi) is 8.89. The van der Waals surface area contributed by atoms with Crippen LogP contribution in [0.3, 0.4) is 0 Å². The zero-order valence-corrected chi connectivity index (χ0v) is 23.5. The molecule has 1 aromatic carbocycles. The molecule has 8 nitrogen and oxygen atoms in total. The minimum atomic E-state index is -1.76. The van der Waals surface area contributed by atoms with E-state index >= 15 is 0 Å². The number of rotatable bonds is 11. The Morgan fingerprint density at radius 3 is 2.33 bits per heavy atom. The summed E-state index contributed by atoms with van der Waals surface area (Å²) in [6.45, 7) is 0.904. The van der Waals surface area contributed by atoms with Crippen LogP contribution in [0.4, 0.5) is 0 Å². The second kappa shape index (κ2) is 12.5. The third kappa shape index (κ3) is 6.31. The van der Waals surface area contributed by atoms with Crippen LogP contribution >= 0.6 is 22.7 Å². The van der Waals surface area contributed by atoms with E-state index in [4.69, 9.17) is 9.26 Å². The lowest BCUT2D eigenvalue weighted by atomic mass is 9.91. The number of carbonyl (C=O) groups excluding carboxylic acids is 1. The molecule has 0 saturated heterocycles. The fourth-order valence-corrected chi connectivity index (χ4v) is 6.74. The van der Waals surface area contributed by atoms with Crippen LogP contribution in [0.1, 0.15) is 53.3 Å². The van der Waals surface area contributed by atoms with Crippen molar-refractivity contribution in [3.05, 3.63) is 80.5 Å². The molecule has 1 saturated carbocycles. The minimum absolute atomic E-state index is 0.00658. The number of hydrogen-bond acceptors (Lipinski definition) is 10. The van der Waals surface area contributed by atoms with Gasteiger partial charge in [-0.05, 0) is 74.2 Å². The van der Waals surface area contributed by atoms with Gasteiger partial charge in [-0.15, -0.1) is 22.7 Å². The van der Waals surface area contributed by atoms with Gasteiger partial charge in [0.15, 0.2) is 0 Å². The number of ether oxygens (including phenoxy) is 1. The van der Waals surface area contributed by atoms with E-state index in [9.17, 15) is 15.0 Å². The van der Waals surface area contributed by atoms with Crippen molar-refractivity contribution in [3.63, 3.8) is 0 Å². The average molecular weight is 568 g/mol. The van der Waals surface area contributed by atoms with E-state index in [-0.39, 0.29) is 12.7 Å². The highest BCUT2D eigenvalue weighted by Gasteiger charge is 2.45. The molecule has 0 spiro atoms. The first-order chi connectivity index (χ1) is 19.0. The number of carbonyl (C=O) groups is 1. The maximum atomic E-state index is 13.2. The molecule has 2 N–H and O–H groups in total. The van der Waals surface area contributed by atoms with Crippen LogP contribution in [0.2, 0.25) is 0 Å². The standard InChI is InChI=1S/C29H33N3O5S2/c1-32(16-2-7-26-30-27(31-37-26)21-10-8-20(19-33)9-11-21)22-12-14-23(15-13-22)36-28(34)29(35,24-5-3-17-38-24)25-6-4-18-39-25/h3-6,8-11,17-18,22-23,33,35H,2,7,12-16,19H2,1H3. The zero-order valence-electron chi connectivity index (χ0n) is 21.9. The topological polar surface area (TPSA) is 109 Å². The van der Waals surface area contributed by atoms with Gasteiger partial charge in [-0.3, -0.25) is 0 Å². The summed E-state index contributed by atoms with van der Waals surface area (Å²) in [7, 11) is 2.13. The molecule has 3 heterocycles. The van der Waals surface area contributed by atoms with Crippen molar-refractivity contribution in [2.75, 3.05) is 13.6 Å². The Hall–Kier alpha value is -2.89. The van der Waals surface area contributed by atoms with Crippen LogP contribution in [0.15, 0.2) is 63.8 Å². The maximum absolute atomic E-state index is 13.2. The molecular weight excluding hydrogens is 534 g/mol. The van der Waals surface area contributed by atoms with E-state index in [1.807, 2.05) is 47.2 Å². The van der Waals surface area contributed by atoms with Gasteiger partial charge in [0.1, 0.15) is 6.10 Å². The molecule has 3 aromatic heterocycles. The van der Waals surface area contributed by atoms with Crippen molar-refractivity contribution in [1.82, 2.24) is 15.0 Å². The summed E-state index contributed by atoms with van der Waals surface area (Å²) in [5.74, 6) is 0.581. The molecule has 1 aliphatic rings. The second-order valence-corrected chi connectivity index (χ2v) is 11.8. The smallest absolute Gasteiger partial charge is 0.349 e. The number of aliphatic hydroxyl groups is 2. The summed E-state index contributed by atoms with van der Waals surface area (Å²) in [5.41, 5.74) is -0.0510. The highest BCUT2D eigenvalue weighted by Crippen LogP contribution is 2.38. The summed E-state index contributed by atoms with van der Waals surface area (Å²) in [6, 6.07) is 15.1.